The fourth-order valence-electron chi connectivity index (χ4n) is 3.11. The van der Waals surface area contributed by atoms with Crippen molar-refractivity contribution in [1.82, 2.24) is 0 Å². The Balaban J connectivity index is 1.79. The van der Waals surface area contributed by atoms with Crippen LogP contribution >= 0.6 is 23.8 Å². The highest BCUT2D eigenvalue weighted by Crippen LogP contribution is 2.36. The van der Waals surface area contributed by atoms with Gasteiger partial charge in [0.05, 0.1) is 10.6 Å². The lowest BCUT2D eigenvalue weighted by Gasteiger charge is -2.35. The maximum Gasteiger partial charge on any atom is 0.0800 e. The summed E-state index contributed by atoms with van der Waals surface area (Å²) in [5.41, 5.74) is 0.405. The first-order chi connectivity index (χ1) is 9.84. The minimum Gasteiger partial charge on any atom is -0.390 e. The summed E-state index contributed by atoms with van der Waals surface area (Å²) in [6.07, 6.45) is 5.39. The zero-order valence-electron chi connectivity index (χ0n) is 12.7. The van der Waals surface area contributed by atoms with E-state index in [0.717, 1.165) is 42.8 Å². The fraction of sp³-hybridized carbons (Fsp3) is 0.588. The second-order valence-electron chi connectivity index (χ2n) is 6.63. The molecule has 0 radical (unpaired) electrons. The molecule has 0 saturated heterocycles. The largest absolute Gasteiger partial charge is 0.390 e. The van der Waals surface area contributed by atoms with Gasteiger partial charge >= 0.3 is 0 Å². The van der Waals surface area contributed by atoms with Crippen LogP contribution < -0.4 is 5.32 Å². The Morgan fingerprint density at radius 3 is 2.57 bits per heavy atom. The van der Waals surface area contributed by atoms with Gasteiger partial charge in [0.1, 0.15) is 0 Å². The summed E-state index contributed by atoms with van der Waals surface area (Å²) < 4.78 is 0. The zero-order valence-corrected chi connectivity index (χ0v) is 14.3. The van der Waals surface area contributed by atoms with E-state index in [2.05, 4.69) is 5.32 Å². The molecule has 1 aliphatic rings. The van der Waals surface area contributed by atoms with Crippen LogP contribution in [-0.4, -0.2) is 15.7 Å². The van der Waals surface area contributed by atoms with Gasteiger partial charge in [-0.25, -0.2) is 0 Å². The zero-order chi connectivity index (χ0) is 15.5. The first kappa shape index (κ1) is 16.7. The van der Waals surface area contributed by atoms with Crippen molar-refractivity contribution in [2.24, 2.45) is 11.8 Å². The van der Waals surface area contributed by atoms with E-state index in [1.807, 2.05) is 38.1 Å². The summed E-state index contributed by atoms with van der Waals surface area (Å²) in [7, 11) is 0. The number of hydrogen-bond acceptors (Lipinski definition) is 2. The van der Waals surface area contributed by atoms with Crippen molar-refractivity contribution in [2.75, 3.05) is 5.32 Å². The monoisotopic (exact) mass is 325 g/mol. The molecule has 1 saturated carbocycles. The number of aliphatic hydroxyl groups is 1. The Hall–Kier alpha value is -0.640. The third-order valence-corrected chi connectivity index (χ3v) is 4.93. The van der Waals surface area contributed by atoms with Gasteiger partial charge in [0, 0.05) is 17.1 Å². The average molecular weight is 326 g/mol. The molecule has 2 rings (SSSR count). The smallest absolute Gasteiger partial charge is 0.0800 e. The summed E-state index contributed by atoms with van der Waals surface area (Å²) in [6, 6.07) is 7.64. The highest BCUT2D eigenvalue weighted by molar-refractivity contribution is 7.80. The van der Waals surface area contributed by atoms with Crippen molar-refractivity contribution in [1.29, 1.82) is 0 Å². The molecule has 2 N–H and O–H groups in total. The standard InChI is InChI=1S/C17H24ClNOS/c1-17(2,20)13-8-6-12(7-9-13)10-16(21)19-15-5-3-4-14(18)11-15/h3-5,11-13,20H,6-10H2,1-2H3,(H,19,21)/t12-,13+. The Bertz CT molecular complexity index is 490. The second-order valence-corrected chi connectivity index (χ2v) is 7.56. The molecule has 1 aliphatic carbocycles. The van der Waals surface area contributed by atoms with Crippen LogP contribution in [-0.2, 0) is 0 Å². The summed E-state index contributed by atoms with van der Waals surface area (Å²) >= 11 is 11.4. The molecule has 4 heteroatoms. The maximum absolute atomic E-state index is 10.1. The summed E-state index contributed by atoms with van der Waals surface area (Å²) in [5.74, 6) is 1.05. The summed E-state index contributed by atoms with van der Waals surface area (Å²) in [6.45, 7) is 3.84. The van der Waals surface area contributed by atoms with Crippen LogP contribution in [0.25, 0.3) is 0 Å². The van der Waals surface area contributed by atoms with E-state index < -0.39 is 5.60 Å². The molecular formula is C17H24ClNOS. The van der Waals surface area contributed by atoms with Gasteiger partial charge in [0.15, 0.2) is 0 Å². The average Bonchev–Trinajstić information content (AvgIpc) is 2.38. The van der Waals surface area contributed by atoms with Gasteiger partial charge in [-0.2, -0.15) is 0 Å². The maximum atomic E-state index is 10.1. The number of thiocarbonyl (C=S) groups is 1. The quantitative estimate of drug-likeness (QED) is 0.760. The molecule has 2 nitrogen and oxygen atoms in total. The SMILES string of the molecule is CC(C)(O)[C@H]1CC[C@@H](CC(=S)Nc2cccc(Cl)c2)CC1. The molecule has 1 aromatic rings. The fourth-order valence-corrected chi connectivity index (χ4v) is 3.66. The predicted molar refractivity (Wildman–Crippen MR) is 94.0 cm³/mol. The number of benzene rings is 1. The van der Waals surface area contributed by atoms with Gasteiger partial charge in [-0.3, -0.25) is 0 Å². The van der Waals surface area contributed by atoms with E-state index in [4.69, 9.17) is 23.8 Å². The molecule has 1 aromatic carbocycles. The van der Waals surface area contributed by atoms with Gasteiger partial charge in [-0.15, -0.1) is 0 Å². The second kappa shape index (κ2) is 7.08. The van der Waals surface area contributed by atoms with Crippen LogP contribution in [0.15, 0.2) is 24.3 Å². The minimum absolute atomic E-state index is 0.420. The van der Waals surface area contributed by atoms with Crippen LogP contribution in [0.2, 0.25) is 5.02 Å². The number of hydrogen-bond donors (Lipinski definition) is 2. The van der Waals surface area contributed by atoms with Gasteiger partial charge in [0.2, 0.25) is 0 Å². The number of nitrogens with one attached hydrogen (secondary N) is 1. The third-order valence-electron chi connectivity index (χ3n) is 4.43. The summed E-state index contributed by atoms with van der Waals surface area (Å²) in [4.78, 5) is 0.879. The number of rotatable bonds is 4. The third kappa shape index (κ3) is 5.24. The summed E-state index contributed by atoms with van der Waals surface area (Å²) in [5, 5.41) is 14.1. The van der Waals surface area contributed by atoms with Gasteiger partial charge < -0.3 is 10.4 Å². The molecule has 116 valence electrons. The van der Waals surface area contributed by atoms with Gasteiger partial charge in [-0.1, -0.05) is 29.9 Å². The Kier molecular flexibility index (Phi) is 5.64. The molecule has 0 amide bonds. The molecule has 0 aliphatic heterocycles. The molecule has 21 heavy (non-hydrogen) atoms. The molecular weight excluding hydrogens is 302 g/mol. The van der Waals surface area contributed by atoms with Crippen LogP contribution in [0, 0.1) is 11.8 Å². The minimum atomic E-state index is -0.551. The molecule has 0 spiro atoms. The van der Waals surface area contributed by atoms with Crippen LogP contribution in [0.5, 0.6) is 0 Å². The Morgan fingerprint density at radius 1 is 1.33 bits per heavy atom. The van der Waals surface area contributed by atoms with E-state index in [-0.39, 0.29) is 0 Å². The van der Waals surface area contributed by atoms with E-state index >= 15 is 0 Å². The topological polar surface area (TPSA) is 32.3 Å². The lowest BCUT2D eigenvalue weighted by atomic mass is 9.74. The predicted octanol–water partition coefficient (Wildman–Crippen LogP) is 5.05. The van der Waals surface area contributed by atoms with Crippen molar-refractivity contribution < 1.29 is 5.11 Å². The van der Waals surface area contributed by atoms with Crippen LogP contribution in [0.3, 0.4) is 0 Å². The van der Waals surface area contributed by atoms with Crippen LogP contribution in [0.4, 0.5) is 5.69 Å². The van der Waals surface area contributed by atoms with Crippen molar-refractivity contribution in [3.8, 4) is 0 Å². The highest BCUT2D eigenvalue weighted by atomic mass is 35.5. The van der Waals surface area contributed by atoms with Gasteiger partial charge in [-0.05, 0) is 69.6 Å². The van der Waals surface area contributed by atoms with E-state index in [0.29, 0.717) is 16.9 Å². The Morgan fingerprint density at radius 2 is 2.00 bits per heavy atom. The van der Waals surface area contributed by atoms with Crippen molar-refractivity contribution in [2.45, 2.75) is 51.6 Å². The first-order valence-corrected chi connectivity index (χ1v) is 8.41. The van der Waals surface area contributed by atoms with E-state index in [1.165, 1.54) is 0 Å². The van der Waals surface area contributed by atoms with Gasteiger partial charge in [0.25, 0.3) is 0 Å². The normalized spacial score (nSPS) is 22.9. The lowest BCUT2D eigenvalue weighted by molar-refractivity contribution is -0.00533. The molecule has 0 atom stereocenters. The van der Waals surface area contributed by atoms with Crippen molar-refractivity contribution in [3.05, 3.63) is 29.3 Å². The van der Waals surface area contributed by atoms with E-state index in [9.17, 15) is 5.11 Å². The molecule has 0 unspecified atom stereocenters. The first-order valence-electron chi connectivity index (χ1n) is 7.62. The van der Waals surface area contributed by atoms with Crippen LogP contribution in [0.1, 0.15) is 46.0 Å². The molecule has 0 heterocycles. The molecule has 0 aromatic heterocycles. The molecule has 1 fully saturated rings. The highest BCUT2D eigenvalue weighted by Gasteiger charge is 2.31. The van der Waals surface area contributed by atoms with Crippen molar-refractivity contribution >= 4 is 34.5 Å². The number of halogens is 1. The van der Waals surface area contributed by atoms with Crippen molar-refractivity contribution in [3.63, 3.8) is 0 Å². The van der Waals surface area contributed by atoms with E-state index in [1.54, 1.807) is 0 Å². The molecule has 0 bridgehead atoms. The lowest BCUT2D eigenvalue weighted by Crippen LogP contribution is -2.34. The Labute approximate surface area is 137 Å². The number of anilines is 1.